The summed E-state index contributed by atoms with van der Waals surface area (Å²) in [5.74, 6) is 1.55. The van der Waals surface area contributed by atoms with E-state index in [1.807, 2.05) is 26.1 Å². The van der Waals surface area contributed by atoms with Crippen LogP contribution in [0.3, 0.4) is 0 Å². The van der Waals surface area contributed by atoms with E-state index in [9.17, 15) is 4.21 Å². The molecule has 0 spiro atoms. The maximum absolute atomic E-state index is 12.2. The van der Waals surface area contributed by atoms with Crippen LogP contribution in [0.5, 0.6) is 5.75 Å². The highest BCUT2D eigenvalue weighted by Gasteiger charge is 2.16. The standard InChI is InChI=1S/C16H27NO2S/c1-5-11-19-15-9-7-14(8-10-15)16(17-4)12-20(18)13(3)6-2/h7-10,13,16-17H,5-6,11-12H2,1-4H3. The molecule has 0 aliphatic rings. The molecule has 3 atom stereocenters. The molecule has 0 saturated carbocycles. The summed E-state index contributed by atoms with van der Waals surface area (Å²) in [4.78, 5) is 0. The van der Waals surface area contributed by atoms with Crippen LogP contribution in [0.25, 0.3) is 0 Å². The fourth-order valence-corrected chi connectivity index (χ4v) is 3.26. The number of rotatable bonds is 9. The molecule has 4 heteroatoms. The molecule has 1 aromatic rings. The summed E-state index contributed by atoms with van der Waals surface area (Å²) in [6.07, 6.45) is 1.96. The van der Waals surface area contributed by atoms with E-state index in [-0.39, 0.29) is 11.3 Å². The lowest BCUT2D eigenvalue weighted by Gasteiger charge is -2.19. The normalized spacial score (nSPS) is 15.6. The molecule has 0 saturated heterocycles. The van der Waals surface area contributed by atoms with Crippen molar-refractivity contribution in [1.29, 1.82) is 0 Å². The van der Waals surface area contributed by atoms with Crippen molar-refractivity contribution in [1.82, 2.24) is 5.32 Å². The fraction of sp³-hybridized carbons (Fsp3) is 0.625. The molecule has 0 radical (unpaired) electrons. The quantitative estimate of drug-likeness (QED) is 0.760. The Morgan fingerprint density at radius 1 is 1.25 bits per heavy atom. The summed E-state index contributed by atoms with van der Waals surface area (Å²) in [7, 11) is 1.12. The van der Waals surface area contributed by atoms with Gasteiger partial charge in [0.1, 0.15) is 5.75 Å². The molecular weight excluding hydrogens is 270 g/mol. The summed E-state index contributed by atoms with van der Waals surface area (Å²) < 4.78 is 17.8. The summed E-state index contributed by atoms with van der Waals surface area (Å²) in [5.41, 5.74) is 1.16. The molecule has 0 amide bonds. The third-order valence-corrected chi connectivity index (χ3v) is 5.35. The highest BCUT2D eigenvalue weighted by molar-refractivity contribution is 7.85. The molecule has 1 aromatic carbocycles. The Labute approximate surface area is 125 Å². The van der Waals surface area contributed by atoms with Crippen LogP contribution in [0, 0.1) is 0 Å². The average molecular weight is 297 g/mol. The minimum absolute atomic E-state index is 0.130. The molecule has 0 aromatic heterocycles. The molecule has 0 heterocycles. The molecule has 3 unspecified atom stereocenters. The monoisotopic (exact) mass is 297 g/mol. The first-order valence-electron chi connectivity index (χ1n) is 7.39. The number of ether oxygens (including phenoxy) is 1. The van der Waals surface area contributed by atoms with Crippen molar-refractivity contribution in [3.8, 4) is 5.75 Å². The largest absolute Gasteiger partial charge is 0.494 e. The zero-order chi connectivity index (χ0) is 15.0. The van der Waals surface area contributed by atoms with Gasteiger partial charge in [-0.05, 0) is 37.6 Å². The van der Waals surface area contributed by atoms with E-state index >= 15 is 0 Å². The number of nitrogens with one attached hydrogen (secondary N) is 1. The van der Waals surface area contributed by atoms with Gasteiger partial charge in [0.05, 0.1) is 6.61 Å². The van der Waals surface area contributed by atoms with Crippen molar-refractivity contribution in [3.63, 3.8) is 0 Å². The van der Waals surface area contributed by atoms with E-state index < -0.39 is 10.8 Å². The van der Waals surface area contributed by atoms with Gasteiger partial charge in [-0.15, -0.1) is 0 Å². The third-order valence-electron chi connectivity index (χ3n) is 3.46. The lowest BCUT2D eigenvalue weighted by atomic mass is 10.1. The van der Waals surface area contributed by atoms with Crippen LogP contribution in [0.15, 0.2) is 24.3 Å². The van der Waals surface area contributed by atoms with Crippen molar-refractivity contribution in [2.24, 2.45) is 0 Å². The zero-order valence-corrected chi connectivity index (χ0v) is 13.8. The molecular formula is C16H27NO2S. The van der Waals surface area contributed by atoms with Gasteiger partial charge < -0.3 is 10.1 Å². The first-order chi connectivity index (χ1) is 9.62. The van der Waals surface area contributed by atoms with Crippen LogP contribution in [-0.4, -0.2) is 28.9 Å². The van der Waals surface area contributed by atoms with Crippen molar-refractivity contribution in [2.75, 3.05) is 19.4 Å². The smallest absolute Gasteiger partial charge is 0.119 e. The maximum Gasteiger partial charge on any atom is 0.119 e. The Morgan fingerprint density at radius 2 is 1.90 bits per heavy atom. The van der Waals surface area contributed by atoms with Crippen LogP contribution >= 0.6 is 0 Å². The highest BCUT2D eigenvalue weighted by atomic mass is 32.2. The number of hydrogen-bond acceptors (Lipinski definition) is 3. The predicted octanol–water partition coefficient (Wildman–Crippen LogP) is 3.28. The molecule has 3 nitrogen and oxygen atoms in total. The average Bonchev–Trinajstić information content (AvgIpc) is 2.50. The molecule has 0 aliphatic heterocycles. The molecule has 1 N–H and O–H groups in total. The Morgan fingerprint density at radius 3 is 2.40 bits per heavy atom. The third kappa shape index (κ3) is 5.25. The minimum Gasteiger partial charge on any atom is -0.494 e. The SMILES string of the molecule is CCCOc1ccc(C(CS(=O)C(C)CC)NC)cc1. The van der Waals surface area contributed by atoms with Gasteiger partial charge in [0.2, 0.25) is 0 Å². The van der Waals surface area contributed by atoms with Gasteiger partial charge in [0.25, 0.3) is 0 Å². The van der Waals surface area contributed by atoms with E-state index in [4.69, 9.17) is 4.74 Å². The second-order valence-corrected chi connectivity index (χ2v) is 6.92. The number of benzene rings is 1. The second kappa shape index (κ2) is 9.14. The number of hydrogen-bond donors (Lipinski definition) is 1. The molecule has 114 valence electrons. The Kier molecular flexibility index (Phi) is 7.85. The van der Waals surface area contributed by atoms with Gasteiger partial charge in [-0.1, -0.05) is 32.9 Å². The van der Waals surface area contributed by atoms with Crippen LogP contribution in [0.1, 0.15) is 45.2 Å². The Bertz CT molecular complexity index is 405. The summed E-state index contributed by atoms with van der Waals surface area (Å²) in [6.45, 7) is 6.96. The first kappa shape index (κ1) is 17.2. The Balaban J connectivity index is 2.67. The van der Waals surface area contributed by atoms with Gasteiger partial charge in [-0.3, -0.25) is 4.21 Å². The van der Waals surface area contributed by atoms with Crippen LogP contribution in [0.2, 0.25) is 0 Å². The molecule has 0 aliphatic carbocycles. The highest BCUT2D eigenvalue weighted by Crippen LogP contribution is 2.20. The van der Waals surface area contributed by atoms with E-state index in [2.05, 4.69) is 31.3 Å². The fourth-order valence-electron chi connectivity index (χ4n) is 1.88. The summed E-state index contributed by atoms with van der Waals surface area (Å²) in [6, 6.07) is 8.22. The lowest BCUT2D eigenvalue weighted by molar-refractivity contribution is 0.317. The van der Waals surface area contributed by atoms with Crippen molar-refractivity contribution in [3.05, 3.63) is 29.8 Å². The van der Waals surface area contributed by atoms with Crippen molar-refractivity contribution < 1.29 is 8.95 Å². The zero-order valence-electron chi connectivity index (χ0n) is 13.0. The molecule has 20 heavy (non-hydrogen) atoms. The van der Waals surface area contributed by atoms with Gasteiger partial charge in [-0.25, -0.2) is 0 Å². The maximum atomic E-state index is 12.2. The van der Waals surface area contributed by atoms with E-state index in [1.165, 1.54) is 0 Å². The second-order valence-electron chi connectivity index (χ2n) is 5.03. The van der Waals surface area contributed by atoms with Crippen LogP contribution in [-0.2, 0) is 10.8 Å². The molecule has 1 rings (SSSR count). The van der Waals surface area contributed by atoms with E-state index in [1.54, 1.807) is 0 Å². The Hall–Kier alpha value is -0.870. The minimum atomic E-state index is -0.799. The lowest BCUT2D eigenvalue weighted by Crippen LogP contribution is -2.26. The van der Waals surface area contributed by atoms with Crippen LogP contribution < -0.4 is 10.1 Å². The van der Waals surface area contributed by atoms with E-state index in [0.717, 1.165) is 30.8 Å². The van der Waals surface area contributed by atoms with Gasteiger partial charge >= 0.3 is 0 Å². The first-order valence-corrected chi connectivity index (χ1v) is 8.77. The molecule has 0 fully saturated rings. The van der Waals surface area contributed by atoms with Gasteiger partial charge in [0.15, 0.2) is 0 Å². The van der Waals surface area contributed by atoms with Gasteiger partial charge in [-0.2, -0.15) is 0 Å². The summed E-state index contributed by atoms with van der Waals surface area (Å²) in [5, 5.41) is 3.51. The van der Waals surface area contributed by atoms with Gasteiger partial charge in [0, 0.05) is 27.8 Å². The topological polar surface area (TPSA) is 38.3 Å². The predicted molar refractivity (Wildman–Crippen MR) is 86.8 cm³/mol. The van der Waals surface area contributed by atoms with Crippen molar-refractivity contribution >= 4 is 10.8 Å². The van der Waals surface area contributed by atoms with E-state index in [0.29, 0.717) is 5.75 Å². The van der Waals surface area contributed by atoms with Crippen molar-refractivity contribution in [2.45, 2.75) is 44.9 Å². The summed E-state index contributed by atoms with van der Waals surface area (Å²) >= 11 is 0. The van der Waals surface area contributed by atoms with Crippen LogP contribution in [0.4, 0.5) is 0 Å². The molecule has 0 bridgehead atoms.